The number of aromatic nitrogens is 6. The Morgan fingerprint density at radius 3 is 2.60 bits per heavy atom. The van der Waals surface area contributed by atoms with Gasteiger partial charge in [-0.25, -0.2) is 9.67 Å². The van der Waals surface area contributed by atoms with Gasteiger partial charge in [-0.3, -0.25) is 14.2 Å². The van der Waals surface area contributed by atoms with Gasteiger partial charge in [-0.15, -0.1) is 5.10 Å². The van der Waals surface area contributed by atoms with Gasteiger partial charge in [0.25, 0.3) is 0 Å². The van der Waals surface area contributed by atoms with Gasteiger partial charge in [-0.2, -0.15) is 5.26 Å². The number of pyridine rings is 1. The lowest BCUT2D eigenvalue weighted by atomic mass is 10.2. The summed E-state index contributed by atoms with van der Waals surface area (Å²) in [5.41, 5.74) is -1.39. The van der Waals surface area contributed by atoms with Crippen molar-refractivity contribution in [2.75, 3.05) is 0 Å². The van der Waals surface area contributed by atoms with Gasteiger partial charge in [0.1, 0.15) is 5.54 Å². The lowest BCUT2D eigenvalue weighted by molar-refractivity contribution is 0.557. The van der Waals surface area contributed by atoms with Crippen LogP contribution in [0.5, 0.6) is 0 Å². The van der Waals surface area contributed by atoms with Crippen LogP contribution in [0.3, 0.4) is 0 Å². The lowest BCUT2D eigenvalue weighted by Crippen LogP contribution is -2.44. The number of rotatable bonds is 4. The van der Waals surface area contributed by atoms with E-state index in [0.29, 0.717) is 18.7 Å². The maximum Gasteiger partial charge on any atom is 0.317 e. The molecule has 1 saturated carbocycles. The summed E-state index contributed by atoms with van der Waals surface area (Å²) in [6.07, 6.45) is 9.09. The molecule has 1 aliphatic carbocycles. The normalized spacial score (nSPS) is 14.8. The van der Waals surface area contributed by atoms with E-state index in [9.17, 15) is 14.9 Å². The molecule has 0 N–H and O–H groups in total. The smallest absolute Gasteiger partial charge is 0.305 e. The highest BCUT2D eigenvalue weighted by molar-refractivity contribution is 5.24. The predicted octanol–water partition coefficient (Wildman–Crippen LogP) is 0.0467. The first-order valence-corrected chi connectivity index (χ1v) is 7.68. The maximum atomic E-state index is 12.3. The Morgan fingerprint density at radius 2 is 2.00 bits per heavy atom. The monoisotopic (exact) mass is 335 g/mol. The van der Waals surface area contributed by atoms with Crippen molar-refractivity contribution in [1.29, 1.82) is 5.26 Å². The van der Waals surface area contributed by atoms with Crippen molar-refractivity contribution in [3.8, 4) is 11.9 Å². The lowest BCUT2D eigenvalue weighted by Gasteiger charge is -2.12. The molecule has 0 atom stereocenters. The molecule has 3 heterocycles. The van der Waals surface area contributed by atoms with E-state index in [1.807, 2.05) is 0 Å². The summed E-state index contributed by atoms with van der Waals surface area (Å²) >= 11 is 0. The zero-order chi connectivity index (χ0) is 17.4. The molecule has 9 nitrogen and oxygen atoms in total. The summed E-state index contributed by atoms with van der Waals surface area (Å²) in [5, 5.41) is 16.8. The van der Waals surface area contributed by atoms with Crippen molar-refractivity contribution < 1.29 is 0 Å². The molecule has 0 aliphatic heterocycles. The molecule has 0 spiro atoms. The SMILES string of the molecule is N#CC1(n2ccn(Cc3ccc(-n4ccnn4)nc3)c(=O)c2=O)CC1. The van der Waals surface area contributed by atoms with Gasteiger partial charge in [0, 0.05) is 18.6 Å². The Balaban J connectivity index is 1.61. The standard InChI is InChI=1S/C16H13N7O2/c17-11-16(3-4-16)22-8-7-21(14(24)15(22)25)10-12-1-2-13(18-9-12)23-6-5-19-20-23/h1-2,5-9H,3-4,10H2. The van der Waals surface area contributed by atoms with Gasteiger partial charge in [0.2, 0.25) is 0 Å². The Kier molecular flexibility index (Phi) is 3.32. The number of nitrogens with zero attached hydrogens (tertiary/aromatic N) is 7. The highest BCUT2D eigenvalue weighted by atomic mass is 16.2. The van der Waals surface area contributed by atoms with Crippen molar-refractivity contribution in [3.05, 3.63) is 69.4 Å². The second-order valence-electron chi connectivity index (χ2n) is 5.92. The molecule has 124 valence electrons. The van der Waals surface area contributed by atoms with E-state index in [1.165, 1.54) is 26.2 Å². The fraction of sp³-hybridized carbons (Fsp3) is 0.250. The van der Waals surface area contributed by atoms with E-state index in [2.05, 4.69) is 21.4 Å². The van der Waals surface area contributed by atoms with Crippen molar-refractivity contribution in [1.82, 2.24) is 29.1 Å². The summed E-state index contributed by atoms with van der Waals surface area (Å²) in [7, 11) is 0. The minimum absolute atomic E-state index is 0.221. The third kappa shape index (κ3) is 2.53. The first-order chi connectivity index (χ1) is 12.1. The Hall–Kier alpha value is -3.54. The predicted molar refractivity (Wildman–Crippen MR) is 86.0 cm³/mol. The van der Waals surface area contributed by atoms with Gasteiger partial charge in [-0.1, -0.05) is 11.3 Å². The molecule has 1 aliphatic rings. The van der Waals surface area contributed by atoms with E-state index < -0.39 is 16.7 Å². The average Bonchev–Trinajstić information content (AvgIpc) is 3.23. The largest absolute Gasteiger partial charge is 0.317 e. The van der Waals surface area contributed by atoms with Crippen LogP contribution in [0.25, 0.3) is 5.82 Å². The minimum atomic E-state index is -0.837. The fourth-order valence-electron chi connectivity index (χ4n) is 2.67. The highest BCUT2D eigenvalue weighted by Gasteiger charge is 2.46. The second kappa shape index (κ2) is 5.52. The molecule has 0 radical (unpaired) electrons. The molecular weight excluding hydrogens is 322 g/mol. The van der Waals surface area contributed by atoms with Crippen molar-refractivity contribution in [2.45, 2.75) is 24.9 Å². The number of nitriles is 1. The zero-order valence-electron chi connectivity index (χ0n) is 13.1. The van der Waals surface area contributed by atoms with E-state index in [-0.39, 0.29) is 6.54 Å². The summed E-state index contributed by atoms with van der Waals surface area (Å²) in [6.45, 7) is 0.221. The molecule has 3 aromatic heterocycles. The second-order valence-corrected chi connectivity index (χ2v) is 5.92. The van der Waals surface area contributed by atoms with Crippen LogP contribution in [-0.2, 0) is 12.1 Å². The third-order valence-electron chi connectivity index (χ3n) is 4.27. The Labute approximate surface area is 141 Å². The zero-order valence-corrected chi connectivity index (χ0v) is 13.1. The van der Waals surface area contributed by atoms with Crippen molar-refractivity contribution in [2.24, 2.45) is 0 Å². The van der Waals surface area contributed by atoms with Crippen LogP contribution in [0.15, 0.2) is 52.7 Å². The van der Waals surface area contributed by atoms with E-state index in [1.54, 1.807) is 30.7 Å². The summed E-state index contributed by atoms with van der Waals surface area (Å²) < 4.78 is 4.09. The molecule has 0 bridgehead atoms. The van der Waals surface area contributed by atoms with Gasteiger partial charge in [0.15, 0.2) is 5.82 Å². The first kappa shape index (κ1) is 15.0. The third-order valence-corrected chi connectivity index (χ3v) is 4.27. The van der Waals surface area contributed by atoms with Crippen LogP contribution in [0.2, 0.25) is 0 Å². The number of hydrogen-bond donors (Lipinski definition) is 0. The molecular formula is C16H13N7O2. The van der Waals surface area contributed by atoms with E-state index in [0.717, 1.165) is 5.56 Å². The van der Waals surface area contributed by atoms with E-state index >= 15 is 0 Å². The molecule has 0 amide bonds. The average molecular weight is 335 g/mol. The maximum absolute atomic E-state index is 12.3. The van der Waals surface area contributed by atoms with Gasteiger partial charge < -0.3 is 4.57 Å². The summed E-state index contributed by atoms with van der Waals surface area (Å²) in [6, 6.07) is 5.68. The van der Waals surface area contributed by atoms with Crippen LogP contribution in [0.1, 0.15) is 18.4 Å². The number of hydrogen-bond acceptors (Lipinski definition) is 6. The van der Waals surface area contributed by atoms with Gasteiger partial charge in [0.05, 0.1) is 25.0 Å². The van der Waals surface area contributed by atoms with Crippen molar-refractivity contribution >= 4 is 0 Å². The molecule has 0 saturated heterocycles. The van der Waals surface area contributed by atoms with Crippen LogP contribution in [-0.4, -0.2) is 29.1 Å². The highest BCUT2D eigenvalue weighted by Crippen LogP contribution is 2.41. The van der Waals surface area contributed by atoms with Crippen LogP contribution in [0, 0.1) is 11.3 Å². The molecule has 0 aromatic carbocycles. The quantitative estimate of drug-likeness (QED) is 0.623. The molecule has 0 unspecified atom stereocenters. The molecule has 9 heteroatoms. The van der Waals surface area contributed by atoms with Gasteiger partial charge in [-0.05, 0) is 24.5 Å². The molecule has 3 aromatic rings. The van der Waals surface area contributed by atoms with Crippen LogP contribution < -0.4 is 11.1 Å². The van der Waals surface area contributed by atoms with Crippen LogP contribution >= 0.6 is 0 Å². The Morgan fingerprint density at radius 1 is 1.16 bits per heavy atom. The van der Waals surface area contributed by atoms with Crippen molar-refractivity contribution in [3.63, 3.8) is 0 Å². The summed E-state index contributed by atoms with van der Waals surface area (Å²) in [5.74, 6) is 0.605. The fourth-order valence-corrected chi connectivity index (χ4v) is 2.67. The molecule has 1 fully saturated rings. The Bertz CT molecular complexity index is 1070. The molecule has 4 rings (SSSR count). The summed E-state index contributed by atoms with van der Waals surface area (Å²) in [4.78, 5) is 28.9. The van der Waals surface area contributed by atoms with Gasteiger partial charge >= 0.3 is 11.1 Å². The first-order valence-electron chi connectivity index (χ1n) is 7.68. The van der Waals surface area contributed by atoms with Crippen LogP contribution in [0.4, 0.5) is 0 Å². The van der Waals surface area contributed by atoms with E-state index in [4.69, 9.17) is 0 Å². The minimum Gasteiger partial charge on any atom is -0.305 e. The molecule has 25 heavy (non-hydrogen) atoms. The topological polar surface area (TPSA) is 111 Å².